The van der Waals surface area contributed by atoms with Gasteiger partial charge in [0.15, 0.2) is 23.0 Å². The molecule has 0 aliphatic carbocycles. The van der Waals surface area contributed by atoms with Crippen molar-refractivity contribution in [3.8, 4) is 34.5 Å². The molecule has 0 aliphatic rings. The van der Waals surface area contributed by atoms with Crippen molar-refractivity contribution in [1.29, 1.82) is 0 Å². The fourth-order valence-electron chi connectivity index (χ4n) is 4.60. The second-order valence-electron chi connectivity index (χ2n) is 14.0. The van der Waals surface area contributed by atoms with Crippen LogP contribution in [0.25, 0.3) is 0 Å². The minimum atomic E-state index is -0.978. The van der Waals surface area contributed by atoms with Crippen LogP contribution in [0.4, 0.5) is 0 Å². The fourth-order valence-corrected chi connectivity index (χ4v) is 4.60. The van der Waals surface area contributed by atoms with Crippen LogP contribution >= 0.6 is 0 Å². The van der Waals surface area contributed by atoms with Gasteiger partial charge >= 0.3 is 21.7 Å². The predicted octanol–water partition coefficient (Wildman–Crippen LogP) is 9.50. The quantitative estimate of drug-likeness (QED) is 0.0357. The van der Waals surface area contributed by atoms with Crippen LogP contribution in [-0.2, 0) is 42.7 Å². The smallest absolute Gasteiger partial charge is 0.723 e. The summed E-state index contributed by atoms with van der Waals surface area (Å²) in [5, 5.41) is 22.4. The maximum atomic E-state index is 11.2. The molecule has 0 fully saturated rings. The van der Waals surface area contributed by atoms with Gasteiger partial charge in [-0.3, -0.25) is 0 Å². The molecule has 53 heavy (non-hydrogen) atoms. The van der Waals surface area contributed by atoms with Crippen molar-refractivity contribution in [3.63, 3.8) is 0 Å². The third-order valence-corrected chi connectivity index (χ3v) is 8.36. The van der Waals surface area contributed by atoms with Gasteiger partial charge in [0, 0.05) is 0 Å². The molecule has 2 rings (SSSR count). The maximum absolute atomic E-state index is 11.2. The molecule has 0 N–H and O–H groups in total. The first kappa shape index (κ1) is 50.8. The largest absolute Gasteiger partial charge is 2.00 e. The van der Waals surface area contributed by atoms with E-state index in [1.165, 1.54) is 0 Å². The van der Waals surface area contributed by atoms with Gasteiger partial charge in [-0.15, -0.1) is 0 Å². The molecule has 0 radical (unpaired) electrons. The van der Waals surface area contributed by atoms with Crippen molar-refractivity contribution in [2.75, 3.05) is 39.6 Å². The van der Waals surface area contributed by atoms with E-state index in [0.29, 0.717) is 85.3 Å². The van der Waals surface area contributed by atoms with Crippen molar-refractivity contribution in [1.82, 2.24) is 0 Å². The molecule has 302 valence electrons. The number of hydrogen-bond donors (Lipinski definition) is 0. The predicted molar refractivity (Wildman–Crippen MR) is 204 cm³/mol. The van der Waals surface area contributed by atoms with Crippen LogP contribution in [0.5, 0.6) is 34.5 Å². The van der Waals surface area contributed by atoms with E-state index in [2.05, 4.69) is 51.3 Å². The molecule has 10 nitrogen and oxygen atoms in total. The summed E-state index contributed by atoms with van der Waals surface area (Å²) in [7, 11) is 0. The Balaban J connectivity index is 0.00000100. The average molecular weight is 783 g/mol. The summed E-state index contributed by atoms with van der Waals surface area (Å²) < 4.78 is 35.9. The van der Waals surface area contributed by atoms with Crippen molar-refractivity contribution in [2.45, 2.75) is 157 Å². The van der Waals surface area contributed by atoms with Gasteiger partial charge in [0.1, 0.15) is 0 Å². The molecule has 0 spiro atoms. The Morgan fingerprint density at radius 2 is 0.604 bits per heavy atom. The average Bonchev–Trinajstić information content (AvgIpc) is 3.13. The summed E-state index contributed by atoms with van der Waals surface area (Å²) in [5.41, 5.74) is -0.525. The Kier molecular flexibility index (Phi) is 27.9. The Morgan fingerprint density at radius 3 is 0.792 bits per heavy atom. The third kappa shape index (κ3) is 18.8. The van der Waals surface area contributed by atoms with Crippen LogP contribution in [0.1, 0.15) is 157 Å². The molecule has 0 aromatic heterocycles. The van der Waals surface area contributed by atoms with Gasteiger partial charge in [-0.05, 0) is 102 Å². The molecule has 11 heteroatoms. The third-order valence-electron chi connectivity index (χ3n) is 8.36. The molecule has 0 saturated heterocycles. The summed E-state index contributed by atoms with van der Waals surface area (Å²) in [6.07, 6.45) is 12.0. The zero-order valence-corrected chi connectivity index (χ0v) is 36.2. The van der Waals surface area contributed by atoms with Crippen LogP contribution in [0.2, 0.25) is 0 Å². The van der Waals surface area contributed by atoms with E-state index < -0.39 is 11.2 Å². The van der Waals surface area contributed by atoms with Gasteiger partial charge in [-0.25, -0.2) is 0 Å². The van der Waals surface area contributed by atoms with Crippen LogP contribution in [0.3, 0.4) is 0 Å². The number of benzene rings is 2. The number of rotatable bonds is 28. The van der Waals surface area contributed by atoms with Gasteiger partial charge in [0.2, 0.25) is 11.5 Å². The van der Waals surface area contributed by atoms with E-state index in [0.717, 1.165) is 77.0 Å². The SMILES string of the molecule is CCCCOc1cc(C(C)(C)O[O-])cc(OCCCC)c1OCCCC.CCCCOc1cc(C(C)(C)O[O-])cc(OCCCC)c1OCCCC.[Ti+2]. The second-order valence-corrected chi connectivity index (χ2v) is 14.0. The molecule has 0 aliphatic heterocycles. The maximum Gasteiger partial charge on any atom is 2.00 e. The monoisotopic (exact) mass is 782 g/mol. The summed E-state index contributed by atoms with van der Waals surface area (Å²) in [6, 6.07) is 7.34. The summed E-state index contributed by atoms with van der Waals surface area (Å²) in [4.78, 5) is 8.84. The first-order chi connectivity index (χ1) is 25.0. The van der Waals surface area contributed by atoms with Crippen molar-refractivity contribution in [2.24, 2.45) is 0 Å². The molecule has 0 heterocycles. The van der Waals surface area contributed by atoms with Gasteiger partial charge < -0.3 is 48.7 Å². The Bertz CT molecular complexity index is 1060. The molecule has 0 atom stereocenters. The standard InChI is InChI=1S/2C21H36O5.Ti/c2*1-6-9-12-23-18-15-17(21(4,5)26-22)16-19(24-13-10-7-2)20(18)25-14-11-8-3;/h2*15-16,22H,6-14H2,1-5H3;/q;;+2/p-2. The van der Waals surface area contributed by atoms with E-state index in [4.69, 9.17) is 28.4 Å². The molecular weight excluding hydrogens is 712 g/mol. The van der Waals surface area contributed by atoms with Crippen molar-refractivity contribution < 1.29 is 70.4 Å². The molecule has 0 amide bonds. The molecule has 2 aromatic rings. The Morgan fingerprint density at radius 1 is 0.396 bits per heavy atom. The van der Waals surface area contributed by atoms with Crippen LogP contribution < -0.4 is 38.9 Å². The molecule has 2 aromatic carbocycles. The number of hydrogen-bond acceptors (Lipinski definition) is 10. The minimum absolute atomic E-state index is 0. The Labute approximate surface area is 336 Å². The number of unbranched alkanes of at least 4 members (excludes halogenated alkanes) is 6. The van der Waals surface area contributed by atoms with Crippen LogP contribution in [-0.4, -0.2) is 39.6 Å². The zero-order chi connectivity index (χ0) is 38.8. The number of ether oxygens (including phenoxy) is 6. The van der Waals surface area contributed by atoms with Gasteiger partial charge in [0.05, 0.1) is 50.8 Å². The van der Waals surface area contributed by atoms with Crippen LogP contribution in [0, 0.1) is 0 Å². The molecule has 0 saturated carbocycles. The Hall–Kier alpha value is -2.21. The zero-order valence-electron chi connectivity index (χ0n) is 34.6. The topological polar surface area (TPSA) is 120 Å². The van der Waals surface area contributed by atoms with E-state index in [1.807, 2.05) is 24.3 Å². The molecule has 0 bridgehead atoms. The first-order valence-corrected chi connectivity index (χ1v) is 19.8. The van der Waals surface area contributed by atoms with Crippen molar-refractivity contribution in [3.05, 3.63) is 35.4 Å². The molecular formula is C42H70O10Ti. The first-order valence-electron chi connectivity index (χ1n) is 19.8. The van der Waals surface area contributed by atoms with E-state index in [9.17, 15) is 10.5 Å². The fraction of sp³-hybridized carbons (Fsp3) is 0.714. The summed E-state index contributed by atoms with van der Waals surface area (Å²) in [6.45, 7) is 23.2. The van der Waals surface area contributed by atoms with E-state index in [1.54, 1.807) is 27.7 Å². The van der Waals surface area contributed by atoms with Gasteiger partial charge in [-0.2, -0.15) is 0 Å². The minimum Gasteiger partial charge on any atom is -0.723 e. The second kappa shape index (κ2) is 29.1. The van der Waals surface area contributed by atoms with Gasteiger partial charge in [-0.1, -0.05) is 80.1 Å². The van der Waals surface area contributed by atoms with E-state index >= 15 is 0 Å². The van der Waals surface area contributed by atoms with Crippen molar-refractivity contribution >= 4 is 0 Å². The normalized spacial score (nSPS) is 11.2. The van der Waals surface area contributed by atoms with Crippen LogP contribution in [0.15, 0.2) is 24.3 Å². The summed E-state index contributed by atoms with van der Waals surface area (Å²) in [5.74, 6) is 3.70. The molecule has 0 unspecified atom stereocenters. The van der Waals surface area contributed by atoms with E-state index in [-0.39, 0.29) is 21.7 Å². The van der Waals surface area contributed by atoms with Gasteiger partial charge in [0.25, 0.3) is 0 Å². The summed E-state index contributed by atoms with van der Waals surface area (Å²) >= 11 is 0.